The lowest BCUT2D eigenvalue weighted by atomic mass is 10.1. The quantitative estimate of drug-likeness (QED) is 0.623. The van der Waals surface area contributed by atoms with Crippen LogP contribution in [0.1, 0.15) is 22.2 Å². The van der Waals surface area contributed by atoms with E-state index in [0.717, 1.165) is 18.0 Å². The smallest absolute Gasteiger partial charge is 0.329 e. The maximum atomic E-state index is 14.5. The second kappa shape index (κ2) is 8.64. The molecule has 1 amide bonds. The van der Waals surface area contributed by atoms with Gasteiger partial charge in [-0.05, 0) is 31.2 Å². The van der Waals surface area contributed by atoms with Crippen LogP contribution in [0.5, 0.6) is 0 Å². The van der Waals surface area contributed by atoms with Gasteiger partial charge in [-0.25, -0.2) is 9.18 Å². The lowest BCUT2D eigenvalue weighted by molar-refractivity contribution is 0.0962. The molecule has 3 aromatic rings. The Hall–Kier alpha value is -2.98. The SMILES string of the molecule is CCn1c(=O)[nH]c2sc(CN3CCN(c4ccc(C(=O)NC)cc4F)CC3)cc2c1=O. The molecule has 8 nitrogen and oxygen atoms in total. The van der Waals surface area contributed by atoms with Crippen molar-refractivity contribution in [3.05, 3.63) is 61.4 Å². The van der Waals surface area contributed by atoms with Crippen molar-refractivity contribution in [2.45, 2.75) is 20.0 Å². The second-order valence-corrected chi connectivity index (χ2v) is 8.58. The van der Waals surface area contributed by atoms with Gasteiger partial charge in [0.15, 0.2) is 0 Å². The number of nitrogens with one attached hydrogen (secondary N) is 2. The molecule has 0 unspecified atom stereocenters. The molecule has 1 fully saturated rings. The van der Waals surface area contributed by atoms with E-state index in [-0.39, 0.29) is 17.2 Å². The van der Waals surface area contributed by atoms with Crippen molar-refractivity contribution in [2.24, 2.45) is 0 Å². The molecule has 0 bridgehead atoms. The maximum Gasteiger partial charge on any atom is 0.329 e. The third-order valence-corrected chi connectivity index (χ3v) is 6.61. The van der Waals surface area contributed by atoms with Crippen LogP contribution in [0.15, 0.2) is 33.9 Å². The number of piperazine rings is 1. The van der Waals surface area contributed by atoms with E-state index in [2.05, 4.69) is 15.2 Å². The minimum Gasteiger partial charge on any atom is -0.367 e. The number of thiophene rings is 1. The first-order valence-corrected chi connectivity index (χ1v) is 11.0. The molecule has 4 rings (SSSR count). The highest BCUT2D eigenvalue weighted by Gasteiger charge is 2.21. The van der Waals surface area contributed by atoms with Crippen molar-refractivity contribution < 1.29 is 9.18 Å². The Kier molecular flexibility index (Phi) is 5.92. The molecule has 10 heteroatoms. The second-order valence-electron chi connectivity index (χ2n) is 7.44. The van der Waals surface area contributed by atoms with Gasteiger partial charge in [-0.1, -0.05) is 0 Å². The van der Waals surface area contributed by atoms with E-state index in [1.54, 1.807) is 19.1 Å². The normalized spacial score (nSPS) is 14.9. The molecule has 0 spiro atoms. The first-order chi connectivity index (χ1) is 14.9. The van der Waals surface area contributed by atoms with Crippen molar-refractivity contribution in [3.63, 3.8) is 0 Å². The summed E-state index contributed by atoms with van der Waals surface area (Å²) >= 11 is 1.42. The molecule has 0 radical (unpaired) electrons. The van der Waals surface area contributed by atoms with Crippen molar-refractivity contribution in [2.75, 3.05) is 38.1 Å². The summed E-state index contributed by atoms with van der Waals surface area (Å²) < 4.78 is 15.7. The first kappa shape index (κ1) is 21.3. The number of hydrogen-bond acceptors (Lipinski definition) is 6. The zero-order valence-electron chi connectivity index (χ0n) is 17.4. The summed E-state index contributed by atoms with van der Waals surface area (Å²) in [7, 11) is 1.51. The number of anilines is 1. The fraction of sp³-hybridized carbons (Fsp3) is 0.381. The molecule has 3 heterocycles. The Bertz CT molecular complexity index is 1240. The number of benzene rings is 1. The number of halogens is 1. The summed E-state index contributed by atoms with van der Waals surface area (Å²) in [6.07, 6.45) is 0. The molecule has 0 atom stereocenters. The van der Waals surface area contributed by atoms with Gasteiger partial charge < -0.3 is 10.2 Å². The lowest BCUT2D eigenvalue weighted by Crippen LogP contribution is -2.46. The minimum absolute atomic E-state index is 0.260. The Morgan fingerprint density at radius 3 is 2.58 bits per heavy atom. The fourth-order valence-corrected chi connectivity index (χ4v) is 4.96. The van der Waals surface area contributed by atoms with Gasteiger partial charge in [0.2, 0.25) is 0 Å². The van der Waals surface area contributed by atoms with Gasteiger partial charge >= 0.3 is 5.69 Å². The van der Waals surface area contributed by atoms with E-state index in [1.807, 2.05) is 11.0 Å². The highest BCUT2D eigenvalue weighted by Crippen LogP contribution is 2.25. The van der Waals surface area contributed by atoms with E-state index >= 15 is 0 Å². The molecule has 164 valence electrons. The Morgan fingerprint density at radius 2 is 1.94 bits per heavy atom. The molecule has 0 aliphatic carbocycles. The summed E-state index contributed by atoms with van der Waals surface area (Å²) in [5, 5.41) is 3.03. The molecule has 2 N–H and O–H groups in total. The van der Waals surface area contributed by atoms with E-state index in [9.17, 15) is 18.8 Å². The van der Waals surface area contributed by atoms with Crippen LogP contribution < -0.4 is 21.5 Å². The van der Waals surface area contributed by atoms with Gasteiger partial charge in [-0.3, -0.25) is 24.0 Å². The number of hydrogen-bond donors (Lipinski definition) is 2. The monoisotopic (exact) mass is 445 g/mol. The number of aromatic amines is 1. The third-order valence-electron chi connectivity index (χ3n) is 5.57. The number of aromatic nitrogens is 2. The van der Waals surface area contributed by atoms with Crippen LogP contribution in [0.3, 0.4) is 0 Å². The molecule has 1 aliphatic rings. The van der Waals surface area contributed by atoms with E-state index in [0.29, 0.717) is 47.6 Å². The highest BCUT2D eigenvalue weighted by molar-refractivity contribution is 7.18. The number of fused-ring (bicyclic) bond motifs is 1. The zero-order valence-corrected chi connectivity index (χ0v) is 18.2. The lowest BCUT2D eigenvalue weighted by Gasteiger charge is -2.36. The van der Waals surface area contributed by atoms with Gasteiger partial charge in [0, 0.05) is 56.8 Å². The van der Waals surface area contributed by atoms with Crippen LogP contribution in [-0.2, 0) is 13.1 Å². The Labute approximate surface area is 181 Å². The van der Waals surface area contributed by atoms with Crippen LogP contribution >= 0.6 is 11.3 Å². The number of amides is 1. The first-order valence-electron chi connectivity index (χ1n) is 10.2. The largest absolute Gasteiger partial charge is 0.367 e. The molecule has 1 aliphatic heterocycles. The molecular formula is C21H24FN5O3S. The topological polar surface area (TPSA) is 90.4 Å². The van der Waals surface area contributed by atoms with Gasteiger partial charge in [0.1, 0.15) is 10.6 Å². The number of rotatable bonds is 5. The van der Waals surface area contributed by atoms with Crippen LogP contribution in [0.2, 0.25) is 0 Å². The van der Waals surface area contributed by atoms with E-state index in [1.165, 1.54) is 29.0 Å². The van der Waals surface area contributed by atoms with Gasteiger partial charge in [0.25, 0.3) is 11.5 Å². The van der Waals surface area contributed by atoms with Crippen molar-refractivity contribution >= 4 is 33.1 Å². The van der Waals surface area contributed by atoms with Crippen molar-refractivity contribution in [1.29, 1.82) is 0 Å². The Morgan fingerprint density at radius 1 is 1.19 bits per heavy atom. The molecule has 31 heavy (non-hydrogen) atoms. The summed E-state index contributed by atoms with van der Waals surface area (Å²) in [5.41, 5.74) is 0.148. The van der Waals surface area contributed by atoms with Crippen molar-refractivity contribution in [1.82, 2.24) is 19.8 Å². The average Bonchev–Trinajstić information content (AvgIpc) is 3.16. The minimum atomic E-state index is -0.407. The maximum absolute atomic E-state index is 14.5. The summed E-state index contributed by atoms with van der Waals surface area (Å²) in [6.45, 7) is 5.54. The van der Waals surface area contributed by atoms with Gasteiger partial charge in [0.05, 0.1) is 11.1 Å². The van der Waals surface area contributed by atoms with Crippen LogP contribution in [0.4, 0.5) is 10.1 Å². The summed E-state index contributed by atoms with van der Waals surface area (Å²) in [4.78, 5) is 44.8. The number of nitrogens with zero attached hydrogens (tertiary/aromatic N) is 3. The molecule has 1 aromatic carbocycles. The average molecular weight is 446 g/mol. The third kappa shape index (κ3) is 4.13. The molecule has 1 saturated heterocycles. The zero-order chi connectivity index (χ0) is 22.1. The van der Waals surface area contributed by atoms with Crippen molar-refractivity contribution in [3.8, 4) is 0 Å². The molecule has 2 aromatic heterocycles. The highest BCUT2D eigenvalue weighted by atomic mass is 32.1. The van der Waals surface area contributed by atoms with Gasteiger partial charge in [-0.2, -0.15) is 0 Å². The molecular weight excluding hydrogens is 421 g/mol. The van der Waals surface area contributed by atoms with Gasteiger partial charge in [-0.15, -0.1) is 11.3 Å². The molecule has 0 saturated carbocycles. The summed E-state index contributed by atoms with van der Waals surface area (Å²) in [5.74, 6) is -0.721. The van der Waals surface area contributed by atoms with Crippen LogP contribution in [-0.4, -0.2) is 53.6 Å². The number of H-pyrrole nitrogens is 1. The number of carbonyl (C=O) groups excluding carboxylic acids is 1. The Balaban J connectivity index is 1.44. The van der Waals surface area contributed by atoms with Crippen LogP contribution in [0, 0.1) is 5.82 Å². The van der Waals surface area contributed by atoms with E-state index < -0.39 is 5.82 Å². The van der Waals surface area contributed by atoms with Crippen LogP contribution in [0.25, 0.3) is 10.2 Å². The summed E-state index contributed by atoms with van der Waals surface area (Å²) in [6, 6.07) is 6.40. The van der Waals surface area contributed by atoms with E-state index in [4.69, 9.17) is 0 Å². The predicted octanol–water partition coefficient (Wildman–Crippen LogP) is 1.59. The number of carbonyl (C=O) groups is 1. The fourth-order valence-electron chi connectivity index (χ4n) is 3.88. The predicted molar refractivity (Wildman–Crippen MR) is 120 cm³/mol. The standard InChI is InChI=1S/C21H24FN5O3S/c1-3-27-20(29)15-11-14(31-19(15)24-21(27)30)12-25-6-8-26(9-7-25)17-5-4-13(10-16(17)22)18(28)23-2/h4-5,10-11H,3,6-9,12H2,1-2H3,(H,23,28)(H,24,30).